The summed E-state index contributed by atoms with van der Waals surface area (Å²) in [7, 11) is 1.89. The second-order valence-electron chi connectivity index (χ2n) is 4.61. The fourth-order valence-electron chi connectivity index (χ4n) is 1.85. The van der Waals surface area contributed by atoms with Crippen LogP contribution in [0, 0.1) is 0 Å². The van der Waals surface area contributed by atoms with Crippen LogP contribution in [-0.4, -0.2) is 39.6 Å². The molecule has 8 heteroatoms. The molecule has 0 fully saturated rings. The number of nitrogens with zero attached hydrogens (tertiary/aromatic N) is 4. The average Bonchev–Trinajstić information content (AvgIpc) is 2.90. The Morgan fingerprint density at radius 2 is 2.24 bits per heavy atom. The lowest BCUT2D eigenvalue weighted by Gasteiger charge is -2.17. The van der Waals surface area contributed by atoms with E-state index in [0.717, 1.165) is 18.7 Å². The van der Waals surface area contributed by atoms with E-state index in [9.17, 15) is 9.59 Å². The quantitative estimate of drug-likeness (QED) is 0.841. The highest BCUT2D eigenvalue weighted by atomic mass is 16.5. The summed E-state index contributed by atoms with van der Waals surface area (Å²) in [5, 5.41) is 16.2. The van der Waals surface area contributed by atoms with E-state index in [2.05, 4.69) is 17.2 Å². The summed E-state index contributed by atoms with van der Waals surface area (Å²) in [6.07, 6.45) is 2.56. The Bertz CT molecular complexity index is 691. The van der Waals surface area contributed by atoms with Gasteiger partial charge in [-0.25, -0.2) is 9.48 Å². The maximum Gasteiger partial charge on any atom is 0.358 e. The predicted octanol–water partition coefficient (Wildman–Crippen LogP) is 0.824. The van der Waals surface area contributed by atoms with Crippen LogP contribution >= 0.6 is 0 Å². The molecule has 21 heavy (non-hydrogen) atoms. The third kappa shape index (κ3) is 3.47. The third-order valence-corrected chi connectivity index (χ3v) is 2.94. The van der Waals surface area contributed by atoms with Gasteiger partial charge in [0.2, 0.25) is 0 Å². The van der Waals surface area contributed by atoms with E-state index in [0.29, 0.717) is 0 Å². The summed E-state index contributed by atoms with van der Waals surface area (Å²) in [5.41, 5.74) is 0.253. The Balaban J connectivity index is 2.17. The molecule has 2 aromatic rings. The van der Waals surface area contributed by atoms with Crippen molar-refractivity contribution in [3.8, 4) is 0 Å². The zero-order valence-corrected chi connectivity index (χ0v) is 11.8. The smallest absolute Gasteiger partial charge is 0.358 e. The summed E-state index contributed by atoms with van der Waals surface area (Å²) in [4.78, 5) is 24.6. The van der Waals surface area contributed by atoms with E-state index in [1.165, 1.54) is 16.8 Å². The van der Waals surface area contributed by atoms with Crippen LogP contribution in [-0.2, 0) is 6.54 Å². The molecule has 0 saturated heterocycles. The molecule has 2 rings (SSSR count). The van der Waals surface area contributed by atoms with Gasteiger partial charge < -0.3 is 14.5 Å². The zero-order chi connectivity index (χ0) is 15.4. The Morgan fingerprint density at radius 1 is 1.48 bits per heavy atom. The largest absolute Gasteiger partial charge is 0.476 e. The summed E-state index contributed by atoms with van der Waals surface area (Å²) >= 11 is 0. The topological polar surface area (TPSA) is 101 Å². The van der Waals surface area contributed by atoms with E-state index in [-0.39, 0.29) is 23.6 Å². The minimum absolute atomic E-state index is 0.0386. The molecule has 0 spiro atoms. The first-order valence-electron chi connectivity index (χ1n) is 6.48. The molecule has 0 saturated carbocycles. The van der Waals surface area contributed by atoms with Crippen LogP contribution in [0.15, 0.2) is 27.6 Å². The normalized spacial score (nSPS) is 10.6. The van der Waals surface area contributed by atoms with Crippen LogP contribution in [0.2, 0.25) is 0 Å². The van der Waals surface area contributed by atoms with Gasteiger partial charge >= 0.3 is 5.97 Å². The molecule has 0 amide bonds. The van der Waals surface area contributed by atoms with E-state index >= 15 is 0 Å². The minimum atomic E-state index is -1.18. The zero-order valence-electron chi connectivity index (χ0n) is 11.8. The van der Waals surface area contributed by atoms with Crippen molar-refractivity contribution < 1.29 is 14.4 Å². The molecule has 2 heterocycles. The van der Waals surface area contributed by atoms with Crippen LogP contribution in [0.4, 0.5) is 5.69 Å². The predicted molar refractivity (Wildman–Crippen MR) is 74.6 cm³/mol. The van der Waals surface area contributed by atoms with Crippen molar-refractivity contribution in [2.24, 2.45) is 0 Å². The fourth-order valence-corrected chi connectivity index (χ4v) is 1.85. The van der Waals surface area contributed by atoms with E-state index < -0.39 is 5.97 Å². The van der Waals surface area contributed by atoms with Gasteiger partial charge in [0.25, 0.3) is 5.56 Å². The van der Waals surface area contributed by atoms with Crippen molar-refractivity contribution >= 4 is 11.7 Å². The standard InChI is InChI=1S/C13H16N4O4/c1-3-4-16(2)9-5-12(18)17(14-7-9)8-10-6-11(13(19)20)15-21-10/h5-7H,3-4,8H2,1-2H3,(H,19,20). The number of aromatic carboxylic acids is 1. The number of hydrogen-bond donors (Lipinski definition) is 1. The first-order chi connectivity index (χ1) is 10.0. The van der Waals surface area contributed by atoms with Crippen LogP contribution in [0.1, 0.15) is 29.6 Å². The maximum absolute atomic E-state index is 12.0. The van der Waals surface area contributed by atoms with Crippen LogP contribution < -0.4 is 10.5 Å². The van der Waals surface area contributed by atoms with Crippen molar-refractivity contribution in [2.45, 2.75) is 19.9 Å². The third-order valence-electron chi connectivity index (χ3n) is 2.94. The molecule has 0 aliphatic rings. The van der Waals surface area contributed by atoms with E-state index in [1.807, 2.05) is 11.9 Å². The highest BCUT2D eigenvalue weighted by molar-refractivity contribution is 5.85. The first kappa shape index (κ1) is 14.8. The number of aromatic nitrogens is 3. The molecule has 8 nitrogen and oxygen atoms in total. The van der Waals surface area contributed by atoms with Crippen molar-refractivity contribution in [1.82, 2.24) is 14.9 Å². The van der Waals surface area contributed by atoms with Gasteiger partial charge in [-0.05, 0) is 6.42 Å². The lowest BCUT2D eigenvalue weighted by molar-refractivity contribution is 0.0685. The summed E-state index contributed by atoms with van der Waals surface area (Å²) in [6, 6.07) is 2.75. The molecule has 1 N–H and O–H groups in total. The van der Waals surface area contributed by atoms with E-state index in [1.54, 1.807) is 6.20 Å². The maximum atomic E-state index is 12.0. The highest BCUT2D eigenvalue weighted by Crippen LogP contribution is 2.08. The van der Waals surface area contributed by atoms with Gasteiger partial charge in [0.15, 0.2) is 11.5 Å². The van der Waals surface area contributed by atoms with Crippen molar-refractivity contribution in [2.75, 3.05) is 18.5 Å². The van der Waals surface area contributed by atoms with Gasteiger partial charge in [0, 0.05) is 25.7 Å². The molecule has 0 radical (unpaired) electrons. The lowest BCUT2D eigenvalue weighted by Crippen LogP contribution is -2.26. The van der Waals surface area contributed by atoms with E-state index in [4.69, 9.17) is 9.63 Å². The van der Waals surface area contributed by atoms with Crippen LogP contribution in [0.3, 0.4) is 0 Å². The van der Waals surface area contributed by atoms with Crippen LogP contribution in [0.25, 0.3) is 0 Å². The fraction of sp³-hybridized carbons (Fsp3) is 0.385. The second-order valence-corrected chi connectivity index (χ2v) is 4.61. The molecule has 112 valence electrons. The molecule has 0 aliphatic heterocycles. The van der Waals surface area contributed by atoms with Crippen molar-refractivity contribution in [3.05, 3.63) is 40.1 Å². The minimum Gasteiger partial charge on any atom is -0.476 e. The van der Waals surface area contributed by atoms with Crippen molar-refractivity contribution in [1.29, 1.82) is 0 Å². The summed E-state index contributed by atoms with van der Waals surface area (Å²) in [5.74, 6) is -0.918. The lowest BCUT2D eigenvalue weighted by atomic mass is 10.3. The first-order valence-corrected chi connectivity index (χ1v) is 6.48. The Morgan fingerprint density at radius 3 is 2.81 bits per heavy atom. The van der Waals surface area contributed by atoms with Crippen LogP contribution in [0.5, 0.6) is 0 Å². The monoisotopic (exact) mass is 292 g/mol. The summed E-state index contributed by atoms with van der Waals surface area (Å²) < 4.78 is 6.05. The Kier molecular flexibility index (Phi) is 4.36. The SMILES string of the molecule is CCCN(C)c1cnn(Cc2cc(C(=O)O)no2)c(=O)c1. The number of carboxylic acids is 1. The van der Waals surface area contributed by atoms with Gasteiger partial charge in [-0.15, -0.1) is 0 Å². The molecule has 0 bridgehead atoms. The Hall–Kier alpha value is -2.64. The number of carboxylic acid groups (broad SMARTS) is 1. The molecular weight excluding hydrogens is 276 g/mol. The van der Waals surface area contributed by atoms with Gasteiger partial charge in [0.05, 0.1) is 11.9 Å². The second kappa shape index (κ2) is 6.21. The van der Waals surface area contributed by atoms with Gasteiger partial charge in [-0.3, -0.25) is 4.79 Å². The molecule has 0 aromatic carbocycles. The number of anilines is 1. The average molecular weight is 292 g/mol. The van der Waals surface area contributed by atoms with Gasteiger partial charge in [0.1, 0.15) is 6.54 Å². The van der Waals surface area contributed by atoms with Crippen molar-refractivity contribution in [3.63, 3.8) is 0 Å². The van der Waals surface area contributed by atoms with Gasteiger partial charge in [-0.2, -0.15) is 5.10 Å². The molecule has 0 aliphatic carbocycles. The molecule has 0 unspecified atom stereocenters. The number of carbonyl (C=O) groups is 1. The van der Waals surface area contributed by atoms with Gasteiger partial charge in [-0.1, -0.05) is 12.1 Å². The molecule has 2 aromatic heterocycles. The number of rotatable bonds is 6. The molecule has 0 atom stereocenters. The number of hydrogen-bond acceptors (Lipinski definition) is 6. The molecular formula is C13H16N4O4. The highest BCUT2D eigenvalue weighted by Gasteiger charge is 2.12. The Labute approximate surface area is 120 Å². The summed E-state index contributed by atoms with van der Waals surface area (Å²) in [6.45, 7) is 2.92.